The largest absolute Gasteiger partial charge is 0.378 e. The van der Waals surface area contributed by atoms with Crippen LogP contribution in [0, 0.1) is 0 Å². The fraction of sp³-hybridized carbons (Fsp3) is 0.421. The van der Waals surface area contributed by atoms with Crippen LogP contribution in [0.4, 0.5) is 5.69 Å². The summed E-state index contributed by atoms with van der Waals surface area (Å²) < 4.78 is 0. The molecule has 0 spiro atoms. The Hall–Kier alpha value is -1.28. The van der Waals surface area contributed by atoms with E-state index in [9.17, 15) is 0 Å². The van der Waals surface area contributed by atoms with E-state index in [1.54, 1.807) is 11.3 Å². The smallest absolute Gasteiger partial charge is 0.191 e. The van der Waals surface area contributed by atoms with Crippen molar-refractivity contribution >= 4 is 47.0 Å². The lowest BCUT2D eigenvalue weighted by Crippen LogP contribution is -2.39. The van der Waals surface area contributed by atoms with E-state index in [4.69, 9.17) is 0 Å². The molecule has 25 heavy (non-hydrogen) atoms. The monoisotopic (exact) mass is 472 g/mol. The topological polar surface area (TPSA) is 39.7 Å². The molecule has 4 nitrogen and oxygen atoms in total. The highest BCUT2D eigenvalue weighted by atomic mass is 127. The van der Waals surface area contributed by atoms with Crippen molar-refractivity contribution in [2.75, 3.05) is 39.1 Å². The van der Waals surface area contributed by atoms with Crippen molar-refractivity contribution in [2.24, 2.45) is 4.99 Å². The van der Waals surface area contributed by atoms with Crippen LogP contribution in [0.2, 0.25) is 0 Å². The van der Waals surface area contributed by atoms with Crippen molar-refractivity contribution < 1.29 is 0 Å². The summed E-state index contributed by atoms with van der Waals surface area (Å²) in [5, 5.41) is 8.92. The lowest BCUT2D eigenvalue weighted by atomic mass is 10.1. The summed E-state index contributed by atoms with van der Waals surface area (Å²) in [6.07, 6.45) is 0.981. The number of thiophene rings is 1. The number of benzene rings is 1. The molecule has 2 N–H and O–H groups in total. The van der Waals surface area contributed by atoms with E-state index in [-0.39, 0.29) is 24.0 Å². The Balaban J connectivity index is 0.00000312. The molecule has 6 heteroatoms. The van der Waals surface area contributed by atoms with Crippen LogP contribution < -0.4 is 15.5 Å². The number of hydrogen-bond donors (Lipinski definition) is 2. The van der Waals surface area contributed by atoms with Crippen LogP contribution in [0.3, 0.4) is 0 Å². The second kappa shape index (κ2) is 11.4. The number of rotatable bonds is 7. The number of anilines is 1. The van der Waals surface area contributed by atoms with Crippen molar-refractivity contribution in [2.45, 2.75) is 19.3 Å². The average molecular weight is 472 g/mol. The maximum absolute atomic E-state index is 4.30. The van der Waals surface area contributed by atoms with Gasteiger partial charge in [0.2, 0.25) is 0 Å². The standard InChI is InChI=1S/C19H28N4S.HI/c1-15(18-6-5-13-24-18)14-22-19(20-2)21-12-11-16-7-9-17(10-8-16)23(3)4;/h5-10,13,15H,11-12,14H2,1-4H3,(H2,20,21,22);1H. The van der Waals surface area contributed by atoms with Gasteiger partial charge < -0.3 is 15.5 Å². The normalized spacial score (nSPS) is 12.2. The first kappa shape index (κ1) is 21.8. The van der Waals surface area contributed by atoms with Gasteiger partial charge in [0.25, 0.3) is 0 Å². The van der Waals surface area contributed by atoms with Gasteiger partial charge in [-0.15, -0.1) is 35.3 Å². The molecule has 0 bridgehead atoms. The molecule has 0 amide bonds. The van der Waals surface area contributed by atoms with E-state index in [1.165, 1.54) is 16.1 Å². The second-order valence-corrected chi connectivity index (χ2v) is 7.09. The van der Waals surface area contributed by atoms with Gasteiger partial charge in [-0.05, 0) is 35.6 Å². The van der Waals surface area contributed by atoms with Gasteiger partial charge in [0.1, 0.15) is 0 Å². The van der Waals surface area contributed by atoms with Crippen LogP contribution in [-0.2, 0) is 6.42 Å². The predicted molar refractivity (Wildman–Crippen MR) is 122 cm³/mol. The van der Waals surface area contributed by atoms with Crippen molar-refractivity contribution in [1.82, 2.24) is 10.6 Å². The van der Waals surface area contributed by atoms with Gasteiger partial charge in [-0.1, -0.05) is 25.1 Å². The zero-order chi connectivity index (χ0) is 17.4. The molecule has 138 valence electrons. The first-order chi connectivity index (χ1) is 11.6. The van der Waals surface area contributed by atoms with Gasteiger partial charge in [0.15, 0.2) is 5.96 Å². The van der Waals surface area contributed by atoms with Gasteiger partial charge in [0, 0.05) is 50.7 Å². The Labute approximate surface area is 172 Å². The Morgan fingerprint density at radius 1 is 1.16 bits per heavy atom. The molecule has 0 aliphatic heterocycles. The first-order valence-electron chi connectivity index (χ1n) is 8.34. The van der Waals surface area contributed by atoms with Crippen LogP contribution in [0.5, 0.6) is 0 Å². The van der Waals surface area contributed by atoms with Gasteiger partial charge in [-0.25, -0.2) is 0 Å². The molecular weight excluding hydrogens is 443 g/mol. The van der Waals surface area contributed by atoms with E-state index >= 15 is 0 Å². The van der Waals surface area contributed by atoms with Crippen LogP contribution in [0.1, 0.15) is 23.3 Å². The minimum Gasteiger partial charge on any atom is -0.378 e. The Morgan fingerprint density at radius 2 is 1.88 bits per heavy atom. The number of guanidine groups is 1. The number of aliphatic imine (C=N–C) groups is 1. The molecule has 2 aromatic rings. The lowest BCUT2D eigenvalue weighted by molar-refractivity contribution is 0.707. The summed E-state index contributed by atoms with van der Waals surface area (Å²) >= 11 is 1.80. The summed E-state index contributed by atoms with van der Waals surface area (Å²) in [6.45, 7) is 3.99. The number of nitrogens with one attached hydrogen (secondary N) is 2. The summed E-state index contributed by atoms with van der Waals surface area (Å²) in [6, 6.07) is 13.0. The van der Waals surface area contributed by atoms with Crippen LogP contribution >= 0.6 is 35.3 Å². The molecule has 1 aromatic heterocycles. The Morgan fingerprint density at radius 3 is 2.44 bits per heavy atom. The molecule has 1 atom stereocenters. The number of nitrogens with zero attached hydrogens (tertiary/aromatic N) is 2. The van der Waals surface area contributed by atoms with E-state index in [0.717, 1.165) is 25.5 Å². The SMILES string of the molecule is CN=C(NCCc1ccc(N(C)C)cc1)NCC(C)c1cccs1.I. The third-order valence-electron chi connectivity index (χ3n) is 3.99. The highest BCUT2D eigenvalue weighted by molar-refractivity contribution is 14.0. The summed E-state index contributed by atoms with van der Waals surface area (Å²) in [5.74, 6) is 1.35. The predicted octanol–water partition coefficient (Wildman–Crippen LogP) is 3.94. The highest BCUT2D eigenvalue weighted by Crippen LogP contribution is 2.19. The zero-order valence-corrected chi connectivity index (χ0v) is 18.6. The molecule has 0 radical (unpaired) electrons. The van der Waals surface area contributed by atoms with Crippen LogP contribution in [0.25, 0.3) is 0 Å². The van der Waals surface area contributed by atoms with Crippen molar-refractivity contribution in [1.29, 1.82) is 0 Å². The Kier molecular flexibility index (Phi) is 9.89. The van der Waals surface area contributed by atoms with E-state index in [1.807, 2.05) is 7.05 Å². The van der Waals surface area contributed by atoms with E-state index in [0.29, 0.717) is 5.92 Å². The molecule has 0 aliphatic rings. The molecule has 1 unspecified atom stereocenters. The van der Waals surface area contributed by atoms with E-state index < -0.39 is 0 Å². The second-order valence-electron chi connectivity index (χ2n) is 6.11. The van der Waals surface area contributed by atoms with Crippen LogP contribution in [0.15, 0.2) is 46.8 Å². The molecule has 0 saturated heterocycles. The van der Waals surface area contributed by atoms with Crippen molar-refractivity contribution in [3.63, 3.8) is 0 Å². The summed E-state index contributed by atoms with van der Waals surface area (Å²) in [4.78, 5) is 7.82. The molecule has 2 rings (SSSR count). The van der Waals surface area contributed by atoms with Gasteiger partial charge in [-0.3, -0.25) is 4.99 Å². The Bertz CT molecular complexity index is 623. The third-order valence-corrected chi connectivity index (χ3v) is 5.09. The minimum absolute atomic E-state index is 0. The van der Waals surface area contributed by atoms with Crippen LogP contribution in [-0.4, -0.2) is 40.2 Å². The maximum Gasteiger partial charge on any atom is 0.191 e. The van der Waals surface area contributed by atoms with Crippen molar-refractivity contribution in [3.05, 3.63) is 52.2 Å². The summed E-state index contributed by atoms with van der Waals surface area (Å²) in [5.41, 5.74) is 2.56. The molecule has 0 fully saturated rings. The average Bonchev–Trinajstić information content (AvgIpc) is 3.12. The van der Waals surface area contributed by atoms with Gasteiger partial charge >= 0.3 is 0 Å². The fourth-order valence-corrected chi connectivity index (χ4v) is 3.22. The third kappa shape index (κ3) is 7.23. The molecule has 0 saturated carbocycles. The van der Waals surface area contributed by atoms with Gasteiger partial charge in [-0.2, -0.15) is 0 Å². The van der Waals surface area contributed by atoms with Crippen molar-refractivity contribution in [3.8, 4) is 0 Å². The quantitative estimate of drug-likeness (QED) is 0.364. The molecule has 0 aliphatic carbocycles. The fourth-order valence-electron chi connectivity index (χ4n) is 2.43. The molecule has 1 aromatic carbocycles. The lowest BCUT2D eigenvalue weighted by Gasteiger charge is -2.15. The minimum atomic E-state index is 0. The molecule has 1 heterocycles. The van der Waals surface area contributed by atoms with Gasteiger partial charge in [0.05, 0.1) is 0 Å². The highest BCUT2D eigenvalue weighted by Gasteiger charge is 2.07. The number of halogens is 1. The summed E-state index contributed by atoms with van der Waals surface area (Å²) in [7, 11) is 5.93. The first-order valence-corrected chi connectivity index (χ1v) is 9.22. The zero-order valence-electron chi connectivity index (χ0n) is 15.5. The number of hydrogen-bond acceptors (Lipinski definition) is 3. The maximum atomic E-state index is 4.30. The van der Waals surface area contributed by atoms with E-state index in [2.05, 4.69) is 83.3 Å². The molecular formula is C19H29IN4S.